The first-order valence-electron chi connectivity index (χ1n) is 5.87. The average Bonchev–Trinajstić information content (AvgIpc) is 3.11. The smallest absolute Gasteiger partial charge is 0.354 e. The van der Waals surface area contributed by atoms with Crippen molar-refractivity contribution in [1.82, 2.24) is 9.97 Å². The Labute approximate surface area is 106 Å². The fourth-order valence-corrected chi connectivity index (χ4v) is 1.74. The summed E-state index contributed by atoms with van der Waals surface area (Å²) in [5.41, 5.74) is 0.644. The highest BCUT2D eigenvalue weighted by molar-refractivity contribution is 5.85. The Morgan fingerprint density at radius 1 is 1.61 bits per heavy atom. The third-order valence-electron chi connectivity index (χ3n) is 2.80. The van der Waals surface area contributed by atoms with E-state index in [1.807, 2.05) is 4.90 Å². The van der Waals surface area contributed by atoms with Gasteiger partial charge in [0.2, 0.25) is 5.95 Å². The van der Waals surface area contributed by atoms with E-state index in [0.717, 1.165) is 6.54 Å². The highest BCUT2D eigenvalue weighted by Gasteiger charge is 2.25. The van der Waals surface area contributed by atoms with E-state index in [9.17, 15) is 4.79 Å². The van der Waals surface area contributed by atoms with Crippen LogP contribution in [-0.2, 0) is 0 Å². The number of anilines is 1. The second-order valence-electron chi connectivity index (χ2n) is 4.53. The Hall–Kier alpha value is -2.09. The van der Waals surface area contributed by atoms with Crippen molar-refractivity contribution in [3.63, 3.8) is 0 Å². The molecule has 0 aliphatic heterocycles. The van der Waals surface area contributed by atoms with E-state index in [-0.39, 0.29) is 5.69 Å². The zero-order valence-corrected chi connectivity index (χ0v) is 10.3. The van der Waals surface area contributed by atoms with Crippen LogP contribution in [0.3, 0.4) is 0 Å². The standard InChI is InChI=1S/C13H15N3O2/c1-3-6-16(8-10-4-5-10)13-14-9(2)7-11(15-13)12(17)18/h1,7,10H,4-6,8H2,2H3,(H,17,18). The number of aryl methyl sites for hydroxylation is 1. The maximum atomic E-state index is 11.0. The minimum absolute atomic E-state index is 0.00955. The molecule has 1 fully saturated rings. The van der Waals surface area contributed by atoms with Gasteiger partial charge in [0.25, 0.3) is 0 Å². The quantitative estimate of drug-likeness (QED) is 0.793. The number of carboxylic acids is 1. The number of carboxylic acid groups (broad SMARTS) is 1. The van der Waals surface area contributed by atoms with Crippen molar-refractivity contribution in [1.29, 1.82) is 0 Å². The molecule has 5 nitrogen and oxygen atoms in total. The fraction of sp³-hybridized carbons (Fsp3) is 0.462. The summed E-state index contributed by atoms with van der Waals surface area (Å²) in [5, 5.41) is 8.99. The van der Waals surface area contributed by atoms with Gasteiger partial charge in [-0.15, -0.1) is 6.42 Å². The number of aromatic carboxylic acids is 1. The fourth-order valence-electron chi connectivity index (χ4n) is 1.74. The molecule has 0 radical (unpaired) electrons. The number of nitrogens with zero attached hydrogens (tertiary/aromatic N) is 3. The van der Waals surface area contributed by atoms with Crippen LogP contribution in [0.4, 0.5) is 5.95 Å². The van der Waals surface area contributed by atoms with Crippen molar-refractivity contribution in [3.05, 3.63) is 17.5 Å². The molecule has 18 heavy (non-hydrogen) atoms. The number of hydrogen-bond acceptors (Lipinski definition) is 4. The van der Waals surface area contributed by atoms with Gasteiger partial charge in [-0.25, -0.2) is 14.8 Å². The van der Waals surface area contributed by atoms with Gasteiger partial charge in [0.15, 0.2) is 5.69 Å². The number of carbonyl (C=O) groups is 1. The zero-order valence-electron chi connectivity index (χ0n) is 10.3. The molecule has 1 aromatic rings. The summed E-state index contributed by atoms with van der Waals surface area (Å²) in [5.74, 6) is 2.57. The van der Waals surface area contributed by atoms with Crippen LogP contribution in [0.25, 0.3) is 0 Å². The van der Waals surface area contributed by atoms with Gasteiger partial charge in [-0.3, -0.25) is 0 Å². The SMILES string of the molecule is C#CCN(CC1CC1)c1nc(C)cc(C(=O)O)n1. The predicted molar refractivity (Wildman–Crippen MR) is 67.5 cm³/mol. The predicted octanol–water partition coefficient (Wildman–Crippen LogP) is 1.33. The Bertz CT molecular complexity index is 503. The summed E-state index contributed by atoms with van der Waals surface area (Å²) in [4.78, 5) is 21.2. The number of aromatic nitrogens is 2. The molecular formula is C13H15N3O2. The lowest BCUT2D eigenvalue weighted by atomic mass is 10.3. The van der Waals surface area contributed by atoms with Crippen LogP contribution in [0.5, 0.6) is 0 Å². The maximum Gasteiger partial charge on any atom is 0.354 e. The molecule has 94 valence electrons. The number of terminal acetylenes is 1. The summed E-state index contributed by atoms with van der Waals surface area (Å²) in [7, 11) is 0. The largest absolute Gasteiger partial charge is 0.477 e. The van der Waals surface area contributed by atoms with Crippen molar-refractivity contribution in [2.75, 3.05) is 18.0 Å². The number of hydrogen-bond donors (Lipinski definition) is 1. The summed E-state index contributed by atoms with van der Waals surface area (Å²) >= 11 is 0. The van der Waals surface area contributed by atoms with Crippen LogP contribution in [0.2, 0.25) is 0 Å². The first kappa shape index (κ1) is 12.4. The molecular weight excluding hydrogens is 230 g/mol. The molecule has 1 aromatic heterocycles. The number of rotatable bonds is 5. The Kier molecular flexibility index (Phi) is 3.47. The first-order chi connectivity index (χ1) is 8.60. The lowest BCUT2D eigenvalue weighted by Crippen LogP contribution is -2.28. The van der Waals surface area contributed by atoms with E-state index in [1.165, 1.54) is 18.9 Å². The second kappa shape index (κ2) is 5.05. The Morgan fingerprint density at radius 3 is 2.89 bits per heavy atom. The normalized spacial score (nSPS) is 14.0. The third-order valence-corrected chi connectivity index (χ3v) is 2.80. The van der Waals surface area contributed by atoms with E-state index < -0.39 is 5.97 Å². The van der Waals surface area contributed by atoms with Gasteiger partial charge < -0.3 is 10.0 Å². The molecule has 0 bridgehead atoms. The van der Waals surface area contributed by atoms with Crippen LogP contribution >= 0.6 is 0 Å². The minimum atomic E-state index is -1.05. The van der Waals surface area contributed by atoms with Crippen LogP contribution in [0.15, 0.2) is 6.07 Å². The van der Waals surface area contributed by atoms with Crippen molar-refractivity contribution >= 4 is 11.9 Å². The minimum Gasteiger partial charge on any atom is -0.477 e. The second-order valence-corrected chi connectivity index (χ2v) is 4.53. The molecule has 0 spiro atoms. The molecule has 1 N–H and O–H groups in total. The lowest BCUT2D eigenvalue weighted by Gasteiger charge is -2.20. The van der Waals surface area contributed by atoms with E-state index in [2.05, 4.69) is 15.9 Å². The lowest BCUT2D eigenvalue weighted by molar-refractivity contribution is 0.0690. The van der Waals surface area contributed by atoms with E-state index in [4.69, 9.17) is 11.5 Å². The highest BCUT2D eigenvalue weighted by atomic mass is 16.4. The van der Waals surface area contributed by atoms with Crippen molar-refractivity contribution in [2.45, 2.75) is 19.8 Å². The summed E-state index contributed by atoms with van der Waals surface area (Å²) in [6.07, 6.45) is 7.72. The van der Waals surface area contributed by atoms with Gasteiger partial charge in [-0.1, -0.05) is 5.92 Å². The van der Waals surface area contributed by atoms with E-state index >= 15 is 0 Å². The first-order valence-corrected chi connectivity index (χ1v) is 5.87. The molecule has 1 aliphatic carbocycles. The molecule has 2 rings (SSSR count). The van der Waals surface area contributed by atoms with Gasteiger partial charge in [0.1, 0.15) is 0 Å². The van der Waals surface area contributed by atoms with Gasteiger partial charge >= 0.3 is 5.97 Å². The highest BCUT2D eigenvalue weighted by Crippen LogP contribution is 2.30. The van der Waals surface area contributed by atoms with Crippen LogP contribution < -0.4 is 4.90 Å². The maximum absolute atomic E-state index is 11.0. The third kappa shape index (κ3) is 2.98. The van der Waals surface area contributed by atoms with Gasteiger partial charge in [-0.05, 0) is 31.7 Å². The van der Waals surface area contributed by atoms with Crippen molar-refractivity contribution in [2.24, 2.45) is 5.92 Å². The van der Waals surface area contributed by atoms with E-state index in [0.29, 0.717) is 24.1 Å². The molecule has 1 heterocycles. The van der Waals surface area contributed by atoms with Gasteiger partial charge in [0.05, 0.1) is 6.54 Å². The van der Waals surface area contributed by atoms with Crippen LogP contribution in [0.1, 0.15) is 29.0 Å². The summed E-state index contributed by atoms with van der Waals surface area (Å²) in [6.45, 7) is 2.95. The molecule has 0 unspecified atom stereocenters. The van der Waals surface area contributed by atoms with Gasteiger partial charge in [-0.2, -0.15) is 0 Å². The topological polar surface area (TPSA) is 66.3 Å². The van der Waals surface area contributed by atoms with Crippen molar-refractivity contribution in [3.8, 4) is 12.3 Å². The molecule has 0 aromatic carbocycles. The molecule has 0 atom stereocenters. The van der Waals surface area contributed by atoms with Gasteiger partial charge in [0, 0.05) is 12.2 Å². The summed E-state index contributed by atoms with van der Waals surface area (Å²) < 4.78 is 0. The zero-order chi connectivity index (χ0) is 13.1. The molecule has 5 heteroatoms. The van der Waals surface area contributed by atoms with Crippen molar-refractivity contribution < 1.29 is 9.90 Å². The van der Waals surface area contributed by atoms with E-state index in [1.54, 1.807) is 6.92 Å². The molecule has 0 amide bonds. The monoisotopic (exact) mass is 245 g/mol. The Balaban J connectivity index is 2.27. The summed E-state index contributed by atoms with van der Waals surface area (Å²) in [6, 6.07) is 1.46. The Morgan fingerprint density at radius 2 is 2.33 bits per heavy atom. The van der Waals surface area contributed by atoms with Crippen LogP contribution in [0, 0.1) is 25.2 Å². The molecule has 0 saturated heterocycles. The van der Waals surface area contributed by atoms with Crippen LogP contribution in [-0.4, -0.2) is 34.1 Å². The molecule has 1 saturated carbocycles. The average molecular weight is 245 g/mol. The molecule has 1 aliphatic rings.